The largest absolute Gasteiger partial charge is 0.378 e. The van der Waals surface area contributed by atoms with Gasteiger partial charge in [-0.15, -0.1) is 0 Å². The summed E-state index contributed by atoms with van der Waals surface area (Å²) in [5.41, 5.74) is 1.85. The van der Waals surface area contributed by atoms with E-state index in [1.54, 1.807) is 0 Å². The number of H-pyrrole nitrogens is 1. The summed E-state index contributed by atoms with van der Waals surface area (Å²) in [5.74, 6) is 0.469. The van der Waals surface area contributed by atoms with Crippen LogP contribution in [0, 0.1) is 6.92 Å². The summed E-state index contributed by atoms with van der Waals surface area (Å²) in [5, 5.41) is 6.58. The predicted octanol–water partition coefficient (Wildman–Crippen LogP) is 1.55. The van der Waals surface area contributed by atoms with Gasteiger partial charge in [-0.05, 0) is 24.8 Å². The minimum Gasteiger partial charge on any atom is -0.378 e. The normalized spacial score (nSPS) is 14.6. The number of nitrogens with one attached hydrogen (secondary N) is 2. The fraction of sp³-hybridized carbons (Fsp3) is 0.438. The highest BCUT2D eigenvalue weighted by Gasteiger charge is 2.16. The molecule has 1 aliphatic rings. The van der Waals surface area contributed by atoms with Crippen LogP contribution in [-0.4, -0.2) is 42.2 Å². The van der Waals surface area contributed by atoms with Gasteiger partial charge in [-0.25, -0.2) is 4.98 Å². The molecule has 1 fully saturated rings. The highest BCUT2D eigenvalue weighted by molar-refractivity contribution is 7.08. The molecule has 0 spiro atoms. The molecule has 0 aromatic carbocycles. The fourth-order valence-electron chi connectivity index (χ4n) is 2.61. The monoisotopic (exact) mass is 348 g/mol. The Morgan fingerprint density at radius 3 is 2.92 bits per heavy atom. The number of hydrogen-bond donors (Lipinski definition) is 2. The average molecular weight is 348 g/mol. The first-order valence-corrected chi connectivity index (χ1v) is 8.82. The number of anilines is 2. The van der Waals surface area contributed by atoms with E-state index in [4.69, 9.17) is 4.74 Å². The second-order valence-corrected chi connectivity index (χ2v) is 6.39. The smallest absolute Gasteiger partial charge is 0.255 e. The Labute approximate surface area is 143 Å². The van der Waals surface area contributed by atoms with Gasteiger partial charge in [-0.1, -0.05) is 0 Å². The van der Waals surface area contributed by atoms with Crippen LogP contribution >= 0.6 is 11.3 Å². The first-order valence-electron chi connectivity index (χ1n) is 7.88. The molecule has 2 aromatic heterocycles. The summed E-state index contributed by atoms with van der Waals surface area (Å²) in [6.07, 6.45) is 0.617. The van der Waals surface area contributed by atoms with Crippen LogP contribution in [0.5, 0.6) is 0 Å². The van der Waals surface area contributed by atoms with Crippen LogP contribution in [0.1, 0.15) is 17.7 Å². The van der Waals surface area contributed by atoms with Gasteiger partial charge in [0.25, 0.3) is 5.56 Å². The molecule has 2 aromatic rings. The lowest BCUT2D eigenvalue weighted by Gasteiger charge is -2.27. The Balaban J connectivity index is 1.65. The third kappa shape index (κ3) is 4.01. The first kappa shape index (κ1) is 16.7. The molecule has 8 heteroatoms. The maximum atomic E-state index is 12.3. The number of aryl methyl sites for hydroxylation is 1. The van der Waals surface area contributed by atoms with E-state index in [0.29, 0.717) is 49.9 Å². The van der Waals surface area contributed by atoms with E-state index in [-0.39, 0.29) is 17.9 Å². The zero-order valence-corrected chi connectivity index (χ0v) is 14.3. The van der Waals surface area contributed by atoms with Gasteiger partial charge in [0, 0.05) is 36.1 Å². The molecule has 0 bridgehead atoms. The number of ether oxygens (including phenoxy) is 1. The number of nitrogens with zero attached hydrogens (tertiary/aromatic N) is 2. The second kappa shape index (κ2) is 7.59. The number of carbonyl (C=O) groups excluding carboxylic acids is 1. The van der Waals surface area contributed by atoms with Crippen LogP contribution in [0.2, 0.25) is 0 Å². The van der Waals surface area contributed by atoms with Gasteiger partial charge in [-0.2, -0.15) is 11.3 Å². The number of aromatic amines is 1. The van der Waals surface area contributed by atoms with Crippen LogP contribution in [0.15, 0.2) is 21.6 Å². The van der Waals surface area contributed by atoms with Gasteiger partial charge in [0.1, 0.15) is 0 Å². The van der Waals surface area contributed by atoms with Crippen LogP contribution in [0.4, 0.5) is 11.6 Å². The van der Waals surface area contributed by atoms with Gasteiger partial charge in [-0.3, -0.25) is 14.6 Å². The number of aromatic nitrogens is 2. The van der Waals surface area contributed by atoms with Crippen molar-refractivity contribution in [1.82, 2.24) is 9.97 Å². The molecule has 0 saturated carbocycles. The minimum absolute atomic E-state index is 0.107. The van der Waals surface area contributed by atoms with Crippen molar-refractivity contribution in [1.29, 1.82) is 0 Å². The summed E-state index contributed by atoms with van der Waals surface area (Å²) in [6, 6.07) is 1.85. The van der Waals surface area contributed by atoms with Crippen LogP contribution in [0.25, 0.3) is 0 Å². The third-order valence-corrected chi connectivity index (χ3v) is 4.61. The summed E-state index contributed by atoms with van der Waals surface area (Å²) in [4.78, 5) is 33.6. The number of rotatable bonds is 5. The molecule has 7 nitrogen and oxygen atoms in total. The molecular weight excluding hydrogens is 328 g/mol. The lowest BCUT2D eigenvalue weighted by Crippen LogP contribution is -2.38. The highest BCUT2D eigenvalue weighted by atomic mass is 32.1. The van der Waals surface area contributed by atoms with Crippen molar-refractivity contribution in [3.8, 4) is 0 Å². The standard InChI is InChI=1S/C16H20N4O3S/c1-11-13(2-3-14(21)18-12-4-9-24-10-12)15(22)19-16(17-11)20-5-7-23-8-6-20/h4,9-10H,2-3,5-8H2,1H3,(H,18,21)(H,17,19,22). The molecule has 1 amide bonds. The Bertz CT molecular complexity index is 751. The van der Waals surface area contributed by atoms with Gasteiger partial charge >= 0.3 is 0 Å². The molecule has 3 rings (SSSR count). The average Bonchev–Trinajstić information content (AvgIpc) is 3.07. The van der Waals surface area contributed by atoms with E-state index in [1.165, 1.54) is 11.3 Å². The maximum absolute atomic E-state index is 12.3. The number of thiophene rings is 1. The number of amides is 1. The number of hydrogen-bond acceptors (Lipinski definition) is 6. The van der Waals surface area contributed by atoms with Crippen molar-refractivity contribution >= 4 is 28.9 Å². The van der Waals surface area contributed by atoms with E-state index in [9.17, 15) is 9.59 Å². The Morgan fingerprint density at radius 2 is 2.25 bits per heavy atom. The lowest BCUT2D eigenvalue weighted by atomic mass is 10.1. The summed E-state index contributed by atoms with van der Waals surface area (Å²) in [7, 11) is 0. The van der Waals surface area contributed by atoms with Gasteiger partial charge in [0.05, 0.1) is 18.9 Å². The lowest BCUT2D eigenvalue weighted by molar-refractivity contribution is -0.116. The van der Waals surface area contributed by atoms with Crippen molar-refractivity contribution in [2.24, 2.45) is 0 Å². The molecule has 0 radical (unpaired) electrons. The molecule has 0 unspecified atom stereocenters. The van der Waals surface area contributed by atoms with E-state index >= 15 is 0 Å². The van der Waals surface area contributed by atoms with Crippen molar-refractivity contribution in [2.45, 2.75) is 19.8 Å². The minimum atomic E-state index is -0.174. The number of carbonyl (C=O) groups is 1. The molecule has 0 aliphatic carbocycles. The third-order valence-electron chi connectivity index (χ3n) is 3.93. The quantitative estimate of drug-likeness (QED) is 0.856. The van der Waals surface area contributed by atoms with E-state index in [0.717, 1.165) is 5.69 Å². The van der Waals surface area contributed by atoms with Crippen molar-refractivity contribution in [3.05, 3.63) is 38.4 Å². The molecule has 1 saturated heterocycles. The SMILES string of the molecule is Cc1nc(N2CCOCC2)[nH]c(=O)c1CCC(=O)Nc1ccsc1. The Kier molecular flexibility index (Phi) is 5.27. The van der Waals surface area contributed by atoms with E-state index in [2.05, 4.69) is 15.3 Å². The van der Waals surface area contributed by atoms with E-state index < -0.39 is 0 Å². The van der Waals surface area contributed by atoms with Crippen LogP contribution < -0.4 is 15.8 Å². The second-order valence-electron chi connectivity index (χ2n) is 5.61. The molecule has 24 heavy (non-hydrogen) atoms. The summed E-state index contributed by atoms with van der Waals surface area (Å²) >= 11 is 1.52. The maximum Gasteiger partial charge on any atom is 0.255 e. The zero-order valence-electron chi connectivity index (χ0n) is 13.5. The van der Waals surface area contributed by atoms with Crippen molar-refractivity contribution < 1.29 is 9.53 Å². The molecule has 1 aliphatic heterocycles. The van der Waals surface area contributed by atoms with Crippen LogP contribution in [-0.2, 0) is 16.0 Å². The zero-order chi connectivity index (χ0) is 16.9. The Hall–Kier alpha value is -2.19. The Morgan fingerprint density at radius 1 is 1.46 bits per heavy atom. The molecular formula is C16H20N4O3S. The molecule has 0 atom stereocenters. The highest BCUT2D eigenvalue weighted by Crippen LogP contribution is 2.14. The van der Waals surface area contributed by atoms with Crippen LogP contribution in [0.3, 0.4) is 0 Å². The molecule has 3 heterocycles. The summed E-state index contributed by atoms with van der Waals surface area (Å²) in [6.45, 7) is 4.50. The van der Waals surface area contributed by atoms with Crippen molar-refractivity contribution in [3.63, 3.8) is 0 Å². The first-order chi connectivity index (χ1) is 11.6. The number of morpholine rings is 1. The van der Waals surface area contributed by atoms with Gasteiger partial charge < -0.3 is 15.0 Å². The topological polar surface area (TPSA) is 87.3 Å². The van der Waals surface area contributed by atoms with Gasteiger partial charge in [0.2, 0.25) is 11.9 Å². The molecule has 2 N–H and O–H groups in total. The fourth-order valence-corrected chi connectivity index (χ4v) is 3.20. The molecule has 128 valence electrons. The predicted molar refractivity (Wildman–Crippen MR) is 93.9 cm³/mol. The van der Waals surface area contributed by atoms with Crippen molar-refractivity contribution in [2.75, 3.05) is 36.5 Å². The van der Waals surface area contributed by atoms with Gasteiger partial charge in [0.15, 0.2) is 0 Å². The van der Waals surface area contributed by atoms with E-state index in [1.807, 2.05) is 28.7 Å². The summed E-state index contributed by atoms with van der Waals surface area (Å²) < 4.78 is 5.31.